The number of furan rings is 1. The molecule has 6 rings (SSSR count). The fourth-order valence-corrected chi connectivity index (χ4v) is 5.71. The van der Waals surface area contributed by atoms with Gasteiger partial charge in [0.2, 0.25) is 0 Å². The van der Waals surface area contributed by atoms with Crippen molar-refractivity contribution in [2.24, 2.45) is 0 Å². The molecule has 4 heterocycles. The second-order valence-corrected chi connectivity index (χ2v) is 9.81. The number of allylic oxidation sites excluding steroid dienone is 1. The minimum Gasteiger partial charge on any atom is -0.497 e. The first-order valence-electron chi connectivity index (χ1n) is 12.7. The van der Waals surface area contributed by atoms with Crippen molar-refractivity contribution in [2.75, 3.05) is 20.2 Å². The Balaban J connectivity index is 1.50. The number of nitrogens with zero attached hydrogens (tertiary/aromatic N) is 3. The molecule has 3 aliphatic rings. The quantitative estimate of drug-likeness (QED) is 0.519. The molecule has 7 nitrogen and oxygen atoms in total. The maximum absolute atomic E-state index is 13.6. The normalized spacial score (nSPS) is 21.5. The number of benzene rings is 2. The van der Waals surface area contributed by atoms with E-state index in [1.807, 2.05) is 36.2 Å². The number of likely N-dealkylation sites (tertiary alicyclic amines) is 1. The number of fused-ring (bicyclic) bond motifs is 2. The van der Waals surface area contributed by atoms with E-state index in [2.05, 4.69) is 52.5 Å². The zero-order valence-corrected chi connectivity index (χ0v) is 21.0. The summed E-state index contributed by atoms with van der Waals surface area (Å²) in [6, 6.07) is 18.0. The van der Waals surface area contributed by atoms with Crippen LogP contribution in [0.15, 0.2) is 82.3 Å². The van der Waals surface area contributed by atoms with Gasteiger partial charge in [-0.1, -0.05) is 30.3 Å². The minimum absolute atomic E-state index is 0.0428. The Morgan fingerprint density at radius 2 is 1.83 bits per heavy atom. The summed E-state index contributed by atoms with van der Waals surface area (Å²) in [5.74, 6) is 2.41. The first-order valence-corrected chi connectivity index (χ1v) is 12.7. The number of methoxy groups -OCH3 is 1. The Morgan fingerprint density at radius 1 is 1.06 bits per heavy atom. The van der Waals surface area contributed by atoms with Crippen molar-refractivity contribution in [1.29, 1.82) is 0 Å². The van der Waals surface area contributed by atoms with Gasteiger partial charge >= 0.3 is 0 Å². The Morgan fingerprint density at radius 3 is 2.58 bits per heavy atom. The maximum Gasteiger partial charge on any atom is 0.268 e. The predicted octanol–water partition coefficient (Wildman–Crippen LogP) is 5.46. The third-order valence-corrected chi connectivity index (χ3v) is 7.44. The van der Waals surface area contributed by atoms with Crippen LogP contribution < -0.4 is 10.1 Å². The van der Waals surface area contributed by atoms with E-state index < -0.39 is 0 Å². The molecular weight excluding hydrogens is 452 g/mol. The number of piperidine rings is 1. The number of hydrogen-bond acceptors (Lipinski definition) is 6. The smallest absolute Gasteiger partial charge is 0.268 e. The standard InChI is InChI=1S/C29H32N4O3/c1-19-16-26(34)33-29(30-19)28(31-14-8-5-9-15-31)27(21-10-6-4-7-11-21)32(33)20(2)25-18-22-17-23(35-3)12-13-24(22)36-25/h4,6-7,10-13,16-18,20,27,30H,5,8-9,14-15H2,1-3H3. The molecular formula is C29H32N4O3. The predicted molar refractivity (Wildman–Crippen MR) is 138 cm³/mol. The van der Waals surface area contributed by atoms with Crippen LogP contribution in [0.25, 0.3) is 11.0 Å². The molecule has 0 aliphatic carbocycles. The van der Waals surface area contributed by atoms with Gasteiger partial charge < -0.3 is 19.4 Å². The van der Waals surface area contributed by atoms with Gasteiger partial charge in [0, 0.05) is 30.2 Å². The molecule has 3 aromatic rings. The first kappa shape index (κ1) is 22.7. The van der Waals surface area contributed by atoms with E-state index in [1.165, 1.54) is 6.42 Å². The molecule has 2 atom stereocenters. The van der Waals surface area contributed by atoms with E-state index in [0.717, 1.165) is 71.2 Å². The fourth-order valence-electron chi connectivity index (χ4n) is 5.71. The Hall–Kier alpha value is -3.71. The number of nitrogens with one attached hydrogen (secondary N) is 1. The largest absolute Gasteiger partial charge is 0.497 e. The SMILES string of the molecule is COc1ccc2oc(C(C)N3C(c4ccccc4)C(N4CCCCC4)=C4NC(C)=CC(=O)N43)cc2c1. The van der Waals surface area contributed by atoms with Crippen LogP contribution in [0.1, 0.15) is 56.5 Å². The number of carbonyl (C=O) groups excluding carboxylic acids is 1. The first-order chi connectivity index (χ1) is 17.5. The Labute approximate surface area is 211 Å². The molecule has 3 aliphatic heterocycles. The van der Waals surface area contributed by atoms with E-state index in [-0.39, 0.29) is 18.0 Å². The second-order valence-electron chi connectivity index (χ2n) is 9.81. The highest BCUT2D eigenvalue weighted by Crippen LogP contribution is 2.48. The Bertz CT molecular complexity index is 1350. The molecule has 7 heteroatoms. The van der Waals surface area contributed by atoms with Crippen LogP contribution in [0.4, 0.5) is 0 Å². The highest BCUT2D eigenvalue weighted by molar-refractivity contribution is 5.91. The van der Waals surface area contributed by atoms with Crippen molar-refractivity contribution >= 4 is 16.9 Å². The van der Waals surface area contributed by atoms with Gasteiger partial charge in [-0.25, -0.2) is 5.01 Å². The van der Waals surface area contributed by atoms with Crippen LogP contribution in [0.2, 0.25) is 0 Å². The number of hydrogen-bond donors (Lipinski definition) is 1. The Kier molecular flexibility index (Phi) is 5.72. The van der Waals surface area contributed by atoms with Gasteiger partial charge in [-0.2, -0.15) is 5.01 Å². The van der Waals surface area contributed by atoms with Crippen molar-refractivity contribution in [1.82, 2.24) is 20.2 Å². The molecule has 2 unspecified atom stereocenters. The molecule has 1 saturated heterocycles. The lowest BCUT2D eigenvalue weighted by Gasteiger charge is -2.39. The molecule has 186 valence electrons. The van der Waals surface area contributed by atoms with Crippen molar-refractivity contribution in [2.45, 2.75) is 45.2 Å². The summed E-state index contributed by atoms with van der Waals surface area (Å²) in [5.41, 5.74) is 3.97. The van der Waals surface area contributed by atoms with Gasteiger partial charge in [0.25, 0.3) is 5.91 Å². The molecule has 1 aromatic heterocycles. The van der Waals surface area contributed by atoms with Crippen LogP contribution in [0, 0.1) is 0 Å². The number of ether oxygens (including phenoxy) is 1. The molecule has 2 aromatic carbocycles. The van der Waals surface area contributed by atoms with E-state index in [0.29, 0.717) is 0 Å². The fraction of sp³-hybridized carbons (Fsp3) is 0.345. The summed E-state index contributed by atoms with van der Waals surface area (Å²) in [6.07, 6.45) is 5.23. The summed E-state index contributed by atoms with van der Waals surface area (Å²) in [7, 11) is 1.67. The molecule has 0 bridgehead atoms. The van der Waals surface area contributed by atoms with Gasteiger partial charge in [-0.3, -0.25) is 4.79 Å². The summed E-state index contributed by atoms with van der Waals surface area (Å²) < 4.78 is 11.8. The molecule has 0 radical (unpaired) electrons. The van der Waals surface area contributed by atoms with Crippen LogP contribution in [-0.2, 0) is 4.79 Å². The molecule has 1 fully saturated rings. The van der Waals surface area contributed by atoms with Gasteiger partial charge in [-0.05, 0) is 62.9 Å². The molecule has 1 N–H and O–H groups in total. The molecule has 0 saturated carbocycles. The van der Waals surface area contributed by atoms with Gasteiger partial charge in [0.15, 0.2) is 0 Å². The van der Waals surface area contributed by atoms with Gasteiger partial charge in [0.1, 0.15) is 22.9 Å². The zero-order valence-electron chi connectivity index (χ0n) is 21.0. The average Bonchev–Trinajstić information content (AvgIpc) is 3.48. The van der Waals surface area contributed by atoms with Crippen LogP contribution in [-0.4, -0.2) is 41.0 Å². The van der Waals surface area contributed by atoms with Crippen molar-refractivity contribution in [3.63, 3.8) is 0 Å². The number of rotatable bonds is 5. The highest BCUT2D eigenvalue weighted by atomic mass is 16.5. The van der Waals surface area contributed by atoms with E-state index in [4.69, 9.17) is 9.15 Å². The molecule has 36 heavy (non-hydrogen) atoms. The van der Waals surface area contributed by atoms with Crippen LogP contribution in [0.3, 0.4) is 0 Å². The van der Waals surface area contributed by atoms with Gasteiger partial charge in [0.05, 0.1) is 24.9 Å². The van der Waals surface area contributed by atoms with Crippen molar-refractivity contribution in [3.05, 3.63) is 89.2 Å². The lowest BCUT2D eigenvalue weighted by Crippen LogP contribution is -2.48. The summed E-state index contributed by atoms with van der Waals surface area (Å²) >= 11 is 0. The van der Waals surface area contributed by atoms with Crippen molar-refractivity contribution < 1.29 is 13.9 Å². The second kappa shape index (κ2) is 9.06. The number of amides is 1. The van der Waals surface area contributed by atoms with Crippen molar-refractivity contribution in [3.8, 4) is 5.75 Å². The molecule has 0 spiro atoms. The lowest BCUT2D eigenvalue weighted by atomic mass is 9.99. The summed E-state index contributed by atoms with van der Waals surface area (Å²) in [5, 5.41) is 8.54. The number of carbonyl (C=O) groups is 1. The summed E-state index contributed by atoms with van der Waals surface area (Å²) in [6.45, 7) is 6.04. The highest BCUT2D eigenvalue weighted by Gasteiger charge is 2.49. The van der Waals surface area contributed by atoms with Crippen LogP contribution >= 0.6 is 0 Å². The zero-order chi connectivity index (χ0) is 24.8. The van der Waals surface area contributed by atoms with E-state index in [9.17, 15) is 4.79 Å². The van der Waals surface area contributed by atoms with Gasteiger partial charge in [-0.15, -0.1) is 0 Å². The topological polar surface area (TPSA) is 61.2 Å². The average molecular weight is 485 g/mol. The third-order valence-electron chi connectivity index (χ3n) is 7.44. The van der Waals surface area contributed by atoms with E-state index in [1.54, 1.807) is 13.2 Å². The number of hydrazine groups is 1. The summed E-state index contributed by atoms with van der Waals surface area (Å²) in [4.78, 5) is 16.0. The monoisotopic (exact) mass is 484 g/mol. The maximum atomic E-state index is 13.6. The molecule has 1 amide bonds. The van der Waals surface area contributed by atoms with E-state index >= 15 is 0 Å². The minimum atomic E-state index is -0.205. The third kappa shape index (κ3) is 3.75. The lowest BCUT2D eigenvalue weighted by molar-refractivity contribution is -0.144. The van der Waals surface area contributed by atoms with Crippen LogP contribution in [0.5, 0.6) is 5.75 Å².